The van der Waals surface area contributed by atoms with Gasteiger partial charge < -0.3 is 5.32 Å². The van der Waals surface area contributed by atoms with Crippen LogP contribution >= 0.6 is 0 Å². The van der Waals surface area contributed by atoms with Gasteiger partial charge in [0.2, 0.25) is 16.1 Å². The summed E-state index contributed by atoms with van der Waals surface area (Å²) in [5, 5.41) is 2.88. The van der Waals surface area contributed by atoms with Crippen LogP contribution in [0.3, 0.4) is 0 Å². The van der Waals surface area contributed by atoms with Gasteiger partial charge in [0.05, 0.1) is 4.90 Å². The summed E-state index contributed by atoms with van der Waals surface area (Å²) >= 11 is 0. The van der Waals surface area contributed by atoms with Crippen LogP contribution in [0.4, 0.5) is 5.69 Å². The molecule has 0 bridgehead atoms. The third-order valence-electron chi connectivity index (χ3n) is 5.99. The van der Waals surface area contributed by atoms with Crippen molar-refractivity contribution < 1.29 is 17.8 Å². The van der Waals surface area contributed by atoms with Crippen molar-refractivity contribution in [2.24, 2.45) is 0 Å². The Morgan fingerprint density at radius 3 is 2.13 bits per heavy atom. The fourth-order valence-corrected chi connectivity index (χ4v) is 5.43. The molecule has 1 N–H and O–H groups in total. The van der Waals surface area contributed by atoms with Crippen LogP contribution in [0.1, 0.15) is 64.0 Å². The van der Waals surface area contributed by atoms with Gasteiger partial charge in [0.1, 0.15) is 0 Å². The first kappa shape index (κ1) is 22.4. The standard InChI is InChI=1S/C23H31N3O3S/c1-4-19(5-2)20-12-16-25(17-13-20)18(3)23(27)24-21-8-10-22(11-9-21)30(28,29)26-14-6-7-15-26/h8-13,16-19H,4-7,14-15H2,1-3H3/p+1/t18-/m1/s1. The van der Waals surface area contributed by atoms with Gasteiger partial charge in [-0.05, 0) is 61.4 Å². The summed E-state index contributed by atoms with van der Waals surface area (Å²) in [6.07, 6.45) is 7.90. The molecule has 0 saturated carbocycles. The Morgan fingerprint density at radius 1 is 1.03 bits per heavy atom. The molecule has 1 saturated heterocycles. The highest BCUT2D eigenvalue weighted by atomic mass is 32.2. The lowest BCUT2D eigenvalue weighted by Crippen LogP contribution is -2.44. The smallest absolute Gasteiger partial charge is 0.293 e. The average molecular weight is 431 g/mol. The van der Waals surface area contributed by atoms with Crippen molar-refractivity contribution in [3.05, 3.63) is 54.4 Å². The number of aromatic nitrogens is 1. The van der Waals surface area contributed by atoms with E-state index in [0.717, 1.165) is 25.7 Å². The topological polar surface area (TPSA) is 70.4 Å². The summed E-state index contributed by atoms with van der Waals surface area (Å²) in [7, 11) is -3.44. The number of hydrogen-bond donors (Lipinski definition) is 1. The zero-order valence-electron chi connectivity index (χ0n) is 18.0. The molecule has 0 spiro atoms. The zero-order chi connectivity index (χ0) is 21.7. The van der Waals surface area contributed by atoms with Crippen molar-refractivity contribution in [1.82, 2.24) is 4.31 Å². The molecular formula is C23H32N3O3S+. The Hall–Kier alpha value is -2.25. The Balaban J connectivity index is 1.65. The third-order valence-corrected chi connectivity index (χ3v) is 7.90. The lowest BCUT2D eigenvalue weighted by Gasteiger charge is -2.16. The fourth-order valence-electron chi connectivity index (χ4n) is 3.91. The van der Waals surface area contributed by atoms with E-state index in [1.165, 1.54) is 9.87 Å². The van der Waals surface area contributed by atoms with Crippen LogP contribution in [0.2, 0.25) is 0 Å². The second-order valence-electron chi connectivity index (χ2n) is 7.89. The van der Waals surface area contributed by atoms with Gasteiger partial charge >= 0.3 is 0 Å². The largest absolute Gasteiger partial charge is 0.320 e. The number of benzene rings is 1. The summed E-state index contributed by atoms with van der Waals surface area (Å²) in [4.78, 5) is 12.9. The molecule has 0 unspecified atom stereocenters. The number of carbonyl (C=O) groups excluding carboxylic acids is 1. The molecule has 162 valence electrons. The van der Waals surface area contributed by atoms with Gasteiger partial charge in [0, 0.05) is 37.8 Å². The van der Waals surface area contributed by atoms with Crippen molar-refractivity contribution in [1.29, 1.82) is 0 Å². The third kappa shape index (κ3) is 4.90. The molecule has 1 amide bonds. The minimum atomic E-state index is -3.44. The molecule has 2 aromatic rings. The molecule has 3 rings (SSSR count). The van der Waals surface area contributed by atoms with E-state index in [4.69, 9.17) is 0 Å². The highest BCUT2D eigenvalue weighted by Crippen LogP contribution is 2.23. The van der Waals surface area contributed by atoms with Crippen molar-refractivity contribution in [3.8, 4) is 0 Å². The molecule has 1 fully saturated rings. The van der Waals surface area contributed by atoms with E-state index in [1.54, 1.807) is 24.3 Å². The van der Waals surface area contributed by atoms with Crippen LogP contribution < -0.4 is 9.88 Å². The minimum Gasteiger partial charge on any atom is -0.320 e. The molecule has 1 atom stereocenters. The van der Waals surface area contributed by atoms with Crippen molar-refractivity contribution in [3.63, 3.8) is 0 Å². The number of sulfonamides is 1. The summed E-state index contributed by atoms with van der Waals surface area (Å²) in [5.41, 5.74) is 1.88. The van der Waals surface area contributed by atoms with Gasteiger partial charge in [0.15, 0.2) is 12.4 Å². The summed E-state index contributed by atoms with van der Waals surface area (Å²) in [6, 6.07) is 10.2. The number of amides is 1. The predicted molar refractivity (Wildman–Crippen MR) is 118 cm³/mol. The van der Waals surface area contributed by atoms with Gasteiger partial charge in [0.25, 0.3) is 5.91 Å². The van der Waals surface area contributed by atoms with Gasteiger partial charge in [-0.15, -0.1) is 0 Å². The van der Waals surface area contributed by atoms with Gasteiger partial charge in [-0.25, -0.2) is 8.42 Å². The molecule has 0 aliphatic carbocycles. The first-order valence-electron chi connectivity index (χ1n) is 10.8. The van der Waals surface area contributed by atoms with Crippen LogP contribution in [0, 0.1) is 0 Å². The minimum absolute atomic E-state index is 0.148. The van der Waals surface area contributed by atoms with Crippen LogP contribution in [-0.4, -0.2) is 31.7 Å². The monoisotopic (exact) mass is 430 g/mol. The second kappa shape index (κ2) is 9.71. The zero-order valence-corrected chi connectivity index (χ0v) is 18.9. The van der Waals surface area contributed by atoms with Gasteiger partial charge in [-0.2, -0.15) is 8.87 Å². The second-order valence-corrected chi connectivity index (χ2v) is 9.83. The number of rotatable bonds is 8. The van der Waals surface area contributed by atoms with E-state index in [9.17, 15) is 13.2 Å². The normalized spacial score (nSPS) is 16.0. The first-order valence-corrected chi connectivity index (χ1v) is 12.2. The molecule has 30 heavy (non-hydrogen) atoms. The Bertz CT molecular complexity index is 946. The summed E-state index contributed by atoms with van der Waals surface area (Å²) < 4.78 is 28.6. The van der Waals surface area contributed by atoms with Crippen molar-refractivity contribution in [2.75, 3.05) is 18.4 Å². The van der Waals surface area contributed by atoms with Crippen molar-refractivity contribution in [2.45, 2.75) is 63.3 Å². The van der Waals surface area contributed by atoms with E-state index >= 15 is 0 Å². The Labute approximate surface area is 180 Å². The molecule has 1 aliphatic rings. The quantitative estimate of drug-likeness (QED) is 0.647. The maximum Gasteiger partial charge on any atom is 0.293 e. The van der Waals surface area contributed by atoms with E-state index < -0.39 is 10.0 Å². The number of carbonyl (C=O) groups is 1. The van der Waals surface area contributed by atoms with Crippen LogP contribution in [0.15, 0.2) is 53.7 Å². The Morgan fingerprint density at radius 2 is 1.60 bits per heavy atom. The van der Waals surface area contributed by atoms with Gasteiger partial charge in [-0.1, -0.05) is 13.8 Å². The summed E-state index contributed by atoms with van der Waals surface area (Å²) in [6.45, 7) is 7.37. The summed E-state index contributed by atoms with van der Waals surface area (Å²) in [5.74, 6) is 0.393. The number of nitrogens with one attached hydrogen (secondary N) is 1. The molecule has 6 nitrogen and oxygen atoms in total. The van der Waals surface area contributed by atoms with Crippen LogP contribution in [0.25, 0.3) is 0 Å². The molecule has 1 aromatic heterocycles. The van der Waals surface area contributed by atoms with E-state index in [1.807, 2.05) is 23.9 Å². The van der Waals surface area contributed by atoms with E-state index in [0.29, 0.717) is 24.7 Å². The van der Waals surface area contributed by atoms with E-state index in [-0.39, 0.29) is 16.8 Å². The average Bonchev–Trinajstić information content (AvgIpc) is 3.31. The number of pyridine rings is 1. The predicted octanol–water partition coefficient (Wildman–Crippen LogP) is 3.86. The lowest BCUT2D eigenvalue weighted by molar-refractivity contribution is -0.705. The molecular weight excluding hydrogens is 398 g/mol. The molecule has 2 heterocycles. The Kier molecular flexibility index (Phi) is 7.26. The molecule has 7 heteroatoms. The SMILES string of the molecule is CCC(CC)c1cc[n+]([C@H](C)C(=O)Nc2ccc(S(=O)(=O)N3CCCC3)cc2)cc1. The highest BCUT2D eigenvalue weighted by molar-refractivity contribution is 7.89. The van der Waals surface area contributed by atoms with Crippen LogP contribution in [0.5, 0.6) is 0 Å². The highest BCUT2D eigenvalue weighted by Gasteiger charge is 2.27. The van der Waals surface area contributed by atoms with Gasteiger partial charge in [-0.3, -0.25) is 4.79 Å². The molecule has 0 radical (unpaired) electrons. The lowest BCUT2D eigenvalue weighted by atomic mass is 9.95. The maximum absolute atomic E-state index is 12.7. The maximum atomic E-state index is 12.7. The van der Waals surface area contributed by atoms with Crippen molar-refractivity contribution >= 4 is 21.6 Å². The van der Waals surface area contributed by atoms with E-state index in [2.05, 4.69) is 31.3 Å². The fraction of sp³-hybridized carbons (Fsp3) is 0.478. The first-order chi connectivity index (χ1) is 14.4. The number of hydrogen-bond acceptors (Lipinski definition) is 3. The number of anilines is 1. The van der Waals surface area contributed by atoms with Crippen LogP contribution in [-0.2, 0) is 14.8 Å². The molecule has 1 aliphatic heterocycles. The molecule has 1 aromatic carbocycles. The number of nitrogens with zero attached hydrogens (tertiary/aromatic N) is 2.